The van der Waals surface area contributed by atoms with Crippen molar-refractivity contribution >= 4 is 11.6 Å². The Bertz CT molecular complexity index is 878. The number of likely N-dealkylation sites (tertiary alicyclic amines) is 1. The third kappa shape index (κ3) is 4.63. The first-order valence-corrected chi connectivity index (χ1v) is 10.5. The molecule has 30 heavy (non-hydrogen) atoms. The Morgan fingerprint density at radius 3 is 2.47 bits per heavy atom. The van der Waals surface area contributed by atoms with Gasteiger partial charge in [0.15, 0.2) is 0 Å². The maximum Gasteiger partial charge on any atom is 0.228 e. The number of hydrogen-bond donors (Lipinski definition) is 2. The van der Waals surface area contributed by atoms with E-state index in [-0.39, 0.29) is 17.8 Å². The molecule has 0 bridgehead atoms. The smallest absolute Gasteiger partial charge is 0.228 e. The van der Waals surface area contributed by atoms with Crippen LogP contribution in [0.25, 0.3) is 0 Å². The first-order chi connectivity index (χ1) is 14.6. The highest BCUT2D eigenvalue weighted by molar-refractivity contribution is 5.78. The van der Waals surface area contributed by atoms with Gasteiger partial charge in [0, 0.05) is 32.1 Å². The van der Waals surface area contributed by atoms with Crippen LogP contribution in [0, 0.1) is 5.82 Å². The molecule has 2 aliphatic rings. The second-order valence-electron chi connectivity index (χ2n) is 7.71. The van der Waals surface area contributed by atoms with Crippen LogP contribution in [-0.4, -0.2) is 34.8 Å². The lowest BCUT2D eigenvalue weighted by Gasteiger charge is -2.38. The molecular formula is C23H28FN5O. The normalized spacial score (nSPS) is 17.5. The van der Waals surface area contributed by atoms with Gasteiger partial charge in [0.05, 0.1) is 11.9 Å². The van der Waals surface area contributed by atoms with Crippen LogP contribution in [0.15, 0.2) is 66.6 Å². The standard InChI is InChI=1S/C23H28FN5O/c1-2-23(30)29(22-17-28(26-25-22)20-10-8-19(24)9-11-20)21-12-14-27(15-13-21)16-18-6-4-3-5-7-18/h3-11,17,21,25-26H,2,12-16H2,1H3. The number of piperidine rings is 1. The zero-order valence-electron chi connectivity index (χ0n) is 17.2. The van der Waals surface area contributed by atoms with E-state index in [0.717, 1.165) is 44.0 Å². The van der Waals surface area contributed by atoms with Crippen molar-refractivity contribution < 1.29 is 9.18 Å². The molecule has 7 heteroatoms. The summed E-state index contributed by atoms with van der Waals surface area (Å²) >= 11 is 0. The number of halogens is 1. The van der Waals surface area contributed by atoms with Crippen molar-refractivity contribution in [3.8, 4) is 0 Å². The Morgan fingerprint density at radius 2 is 1.80 bits per heavy atom. The molecule has 2 N–H and O–H groups in total. The molecule has 4 rings (SSSR count). The number of hydrogen-bond acceptors (Lipinski definition) is 5. The predicted octanol–water partition coefficient (Wildman–Crippen LogP) is 3.36. The van der Waals surface area contributed by atoms with Crippen LogP contribution in [0.3, 0.4) is 0 Å². The lowest BCUT2D eigenvalue weighted by atomic mass is 10.0. The monoisotopic (exact) mass is 409 g/mol. The topological polar surface area (TPSA) is 50.9 Å². The third-order valence-electron chi connectivity index (χ3n) is 5.66. The van der Waals surface area contributed by atoms with E-state index in [0.29, 0.717) is 6.42 Å². The summed E-state index contributed by atoms with van der Waals surface area (Å²) in [5.74, 6) is 0.547. The van der Waals surface area contributed by atoms with E-state index in [1.54, 1.807) is 17.1 Å². The average Bonchev–Trinajstić information content (AvgIpc) is 3.26. The molecule has 0 unspecified atom stereocenters. The van der Waals surface area contributed by atoms with Crippen molar-refractivity contribution in [3.05, 3.63) is 78.0 Å². The molecule has 0 saturated carbocycles. The number of amides is 1. The van der Waals surface area contributed by atoms with Crippen LogP contribution in [0.1, 0.15) is 31.7 Å². The summed E-state index contributed by atoms with van der Waals surface area (Å²) in [4.78, 5) is 17.1. The summed E-state index contributed by atoms with van der Waals surface area (Å²) in [7, 11) is 0. The van der Waals surface area contributed by atoms with E-state index >= 15 is 0 Å². The molecule has 0 aliphatic carbocycles. The van der Waals surface area contributed by atoms with Gasteiger partial charge in [-0.15, -0.1) is 5.53 Å². The van der Waals surface area contributed by atoms with Crippen LogP contribution in [0.4, 0.5) is 10.1 Å². The van der Waals surface area contributed by atoms with Gasteiger partial charge in [0.2, 0.25) is 5.91 Å². The summed E-state index contributed by atoms with van der Waals surface area (Å²) in [6, 6.07) is 16.9. The minimum atomic E-state index is -0.278. The van der Waals surface area contributed by atoms with Crippen molar-refractivity contribution in [2.75, 3.05) is 18.1 Å². The van der Waals surface area contributed by atoms with Crippen molar-refractivity contribution in [2.45, 2.75) is 38.8 Å². The van der Waals surface area contributed by atoms with E-state index in [1.165, 1.54) is 17.7 Å². The minimum absolute atomic E-state index is 0.0954. The molecule has 2 aromatic carbocycles. The Labute approximate surface area is 176 Å². The maximum atomic E-state index is 13.2. The number of nitrogens with zero attached hydrogens (tertiary/aromatic N) is 3. The highest BCUT2D eigenvalue weighted by atomic mass is 19.1. The van der Waals surface area contributed by atoms with Gasteiger partial charge >= 0.3 is 0 Å². The molecule has 0 radical (unpaired) electrons. The second kappa shape index (κ2) is 9.28. The van der Waals surface area contributed by atoms with Gasteiger partial charge in [0.1, 0.15) is 11.6 Å². The zero-order valence-corrected chi connectivity index (χ0v) is 17.2. The molecule has 2 aliphatic heterocycles. The zero-order chi connectivity index (χ0) is 20.9. The van der Waals surface area contributed by atoms with Crippen LogP contribution in [-0.2, 0) is 11.3 Å². The molecule has 158 valence electrons. The number of rotatable bonds is 6. The molecule has 1 amide bonds. The number of anilines is 1. The van der Waals surface area contributed by atoms with Gasteiger partial charge in [-0.2, -0.15) is 0 Å². The third-order valence-corrected chi connectivity index (χ3v) is 5.66. The second-order valence-corrected chi connectivity index (χ2v) is 7.71. The van der Waals surface area contributed by atoms with Gasteiger partial charge in [0.25, 0.3) is 0 Å². The molecule has 2 heterocycles. The van der Waals surface area contributed by atoms with E-state index in [1.807, 2.05) is 24.1 Å². The van der Waals surface area contributed by atoms with Crippen LogP contribution < -0.4 is 16.0 Å². The molecule has 6 nitrogen and oxygen atoms in total. The van der Waals surface area contributed by atoms with Gasteiger partial charge < -0.3 is 0 Å². The number of carbonyl (C=O) groups excluding carboxylic acids is 1. The highest BCUT2D eigenvalue weighted by Crippen LogP contribution is 2.25. The highest BCUT2D eigenvalue weighted by Gasteiger charge is 2.32. The minimum Gasteiger partial charge on any atom is -0.299 e. The van der Waals surface area contributed by atoms with Gasteiger partial charge in [-0.25, -0.2) is 4.39 Å². The Hall–Kier alpha value is -2.90. The molecule has 0 spiro atoms. The molecule has 0 aromatic heterocycles. The van der Waals surface area contributed by atoms with E-state index in [9.17, 15) is 9.18 Å². The van der Waals surface area contributed by atoms with Gasteiger partial charge in [-0.05, 0) is 42.7 Å². The number of hydrazine groups is 2. The van der Waals surface area contributed by atoms with E-state index in [2.05, 4.69) is 40.1 Å². The molecular weight excluding hydrogens is 381 g/mol. The summed E-state index contributed by atoms with van der Waals surface area (Å²) in [5.41, 5.74) is 8.27. The van der Waals surface area contributed by atoms with Gasteiger partial charge in [-0.3, -0.25) is 25.0 Å². The molecule has 1 saturated heterocycles. The Kier molecular flexibility index (Phi) is 6.30. The SMILES string of the molecule is CCC(=O)N(C1=CN(c2ccc(F)cc2)NN1)C1CCN(Cc2ccccc2)CC1. The maximum absolute atomic E-state index is 13.2. The predicted molar refractivity (Wildman–Crippen MR) is 115 cm³/mol. The first-order valence-electron chi connectivity index (χ1n) is 10.5. The lowest BCUT2D eigenvalue weighted by Crippen LogP contribution is -2.49. The van der Waals surface area contributed by atoms with Crippen LogP contribution in [0.5, 0.6) is 0 Å². The summed E-state index contributed by atoms with van der Waals surface area (Å²) in [6.45, 7) is 4.74. The molecule has 0 atom stereocenters. The fourth-order valence-electron chi connectivity index (χ4n) is 4.05. The molecule has 2 aromatic rings. The number of benzene rings is 2. The van der Waals surface area contributed by atoms with E-state index in [4.69, 9.17) is 0 Å². The van der Waals surface area contributed by atoms with Gasteiger partial charge in [-0.1, -0.05) is 37.3 Å². The summed E-state index contributed by atoms with van der Waals surface area (Å²) in [5, 5.41) is 1.76. The Balaban J connectivity index is 1.43. The summed E-state index contributed by atoms with van der Waals surface area (Å²) in [6.07, 6.45) is 4.15. The lowest BCUT2D eigenvalue weighted by molar-refractivity contribution is -0.132. The van der Waals surface area contributed by atoms with Crippen LogP contribution in [0.2, 0.25) is 0 Å². The number of carbonyl (C=O) groups is 1. The quantitative estimate of drug-likeness (QED) is 0.766. The van der Waals surface area contributed by atoms with Crippen molar-refractivity contribution in [1.29, 1.82) is 0 Å². The van der Waals surface area contributed by atoms with Crippen LogP contribution >= 0.6 is 0 Å². The fraction of sp³-hybridized carbons (Fsp3) is 0.348. The van der Waals surface area contributed by atoms with Crippen molar-refractivity contribution in [2.24, 2.45) is 0 Å². The Morgan fingerprint density at radius 1 is 1.10 bits per heavy atom. The fourth-order valence-corrected chi connectivity index (χ4v) is 4.05. The van der Waals surface area contributed by atoms with Crippen molar-refractivity contribution in [3.63, 3.8) is 0 Å². The number of nitrogens with one attached hydrogen (secondary N) is 2. The summed E-state index contributed by atoms with van der Waals surface area (Å²) < 4.78 is 13.2. The van der Waals surface area contributed by atoms with Crippen molar-refractivity contribution in [1.82, 2.24) is 20.8 Å². The average molecular weight is 410 g/mol. The van der Waals surface area contributed by atoms with E-state index < -0.39 is 0 Å². The molecule has 1 fully saturated rings. The largest absolute Gasteiger partial charge is 0.299 e. The first kappa shape index (κ1) is 20.4.